The topological polar surface area (TPSA) is 242 Å². The summed E-state index contributed by atoms with van der Waals surface area (Å²) in [6.07, 6.45) is 2.31. The van der Waals surface area contributed by atoms with E-state index in [9.17, 15) is 34.1 Å². The first kappa shape index (κ1) is 43.3. The maximum atomic E-state index is 12.6. The highest BCUT2D eigenvalue weighted by Crippen LogP contribution is 2.47. The van der Waals surface area contributed by atoms with Crippen molar-refractivity contribution in [3.8, 4) is 17.0 Å². The summed E-state index contributed by atoms with van der Waals surface area (Å²) in [6.45, 7) is 5.01. The standard InChI is InChI=1S/C35H55N6O12P/c1-22(17-23(2)34(46)37-21-51-54(47,48)53-26-12-10-13-26)33(45)36-15-7-5-6-8-16-50-35-30(38-24(3)42)32(44)31(43)29(52-35)20-41-19-28(39-40-41)25-11-9-14-27(18-25)49-4/h9,11,14,18-19,22-23,26,29-32,35,43-44H,5-8,10,12-13,15-17,20-21H2,1-4H3,(H,36,45)(H,37,46)(H,38,42)(H,47,48). The molecule has 0 bridgehead atoms. The number of phosphoric ester groups is 1. The fourth-order valence-corrected chi connectivity index (χ4v) is 6.94. The lowest BCUT2D eigenvalue weighted by Crippen LogP contribution is -2.64. The minimum absolute atomic E-state index is 0.0676. The Labute approximate surface area is 315 Å². The smallest absolute Gasteiger partial charge is 0.474 e. The van der Waals surface area contributed by atoms with Crippen molar-refractivity contribution in [1.82, 2.24) is 30.9 Å². The zero-order valence-corrected chi connectivity index (χ0v) is 32.2. The minimum atomic E-state index is -4.24. The van der Waals surface area contributed by atoms with E-state index in [1.165, 1.54) is 11.6 Å². The van der Waals surface area contributed by atoms with Crippen molar-refractivity contribution in [3.05, 3.63) is 30.5 Å². The van der Waals surface area contributed by atoms with Gasteiger partial charge in [0.25, 0.3) is 0 Å². The number of hydrogen-bond acceptors (Lipinski definition) is 13. The van der Waals surface area contributed by atoms with Crippen molar-refractivity contribution in [2.45, 2.75) is 115 Å². The first-order valence-corrected chi connectivity index (χ1v) is 19.9. The summed E-state index contributed by atoms with van der Waals surface area (Å²) in [6, 6.07) is 6.35. The number of nitrogens with zero attached hydrogens (tertiary/aromatic N) is 3. The van der Waals surface area contributed by atoms with Crippen molar-refractivity contribution in [1.29, 1.82) is 0 Å². The fraction of sp³-hybridized carbons (Fsp3) is 0.686. The third-order valence-electron chi connectivity index (χ3n) is 9.41. The Morgan fingerprint density at radius 1 is 1.06 bits per heavy atom. The van der Waals surface area contributed by atoms with Crippen LogP contribution < -0.4 is 20.7 Å². The first-order chi connectivity index (χ1) is 25.8. The maximum Gasteiger partial charge on any atom is 0.474 e. The number of nitrogens with one attached hydrogen (secondary N) is 3. The molecular formula is C35H55N6O12P. The monoisotopic (exact) mass is 782 g/mol. The lowest BCUT2D eigenvalue weighted by molar-refractivity contribution is -0.267. The van der Waals surface area contributed by atoms with Gasteiger partial charge in [-0.2, -0.15) is 0 Å². The molecule has 1 aliphatic carbocycles. The molecule has 2 aliphatic rings. The normalized spacial score (nSPS) is 23.7. The van der Waals surface area contributed by atoms with Crippen molar-refractivity contribution < 1.29 is 57.3 Å². The van der Waals surface area contributed by atoms with Gasteiger partial charge < -0.3 is 45.3 Å². The zero-order chi connectivity index (χ0) is 39.3. The van der Waals surface area contributed by atoms with E-state index in [2.05, 4.69) is 26.3 Å². The fourth-order valence-electron chi connectivity index (χ4n) is 6.06. The van der Waals surface area contributed by atoms with Crippen molar-refractivity contribution in [2.24, 2.45) is 11.8 Å². The number of carbonyl (C=O) groups is 3. The predicted octanol–water partition coefficient (Wildman–Crippen LogP) is 2.02. The summed E-state index contributed by atoms with van der Waals surface area (Å²) in [5.41, 5.74) is 1.38. The van der Waals surface area contributed by atoms with E-state index in [0.717, 1.165) is 24.8 Å². The van der Waals surface area contributed by atoms with Gasteiger partial charge in [-0.1, -0.05) is 44.0 Å². The number of carbonyl (C=O) groups excluding carboxylic acids is 3. The summed E-state index contributed by atoms with van der Waals surface area (Å²) in [5, 5.41) is 38.1. The Kier molecular flexibility index (Phi) is 16.8. The SMILES string of the molecule is COc1cccc(-c2cn(CC3OC(OCCCCCCNC(=O)C(C)CC(C)C(=O)NCOP(=O)(O)OC4CCC4)C(NC(C)=O)C(O)C3O)nn2)c1. The van der Waals surface area contributed by atoms with Crippen LogP contribution in [0.25, 0.3) is 11.3 Å². The molecule has 1 saturated heterocycles. The Hall–Kier alpha value is -3.48. The molecule has 4 rings (SSSR count). The van der Waals surface area contributed by atoms with Crippen molar-refractivity contribution in [2.75, 3.05) is 27.0 Å². The average Bonchev–Trinajstić information content (AvgIpc) is 3.59. The van der Waals surface area contributed by atoms with Gasteiger partial charge in [-0.05, 0) is 50.7 Å². The summed E-state index contributed by atoms with van der Waals surface area (Å²) in [7, 11) is -2.67. The van der Waals surface area contributed by atoms with Gasteiger partial charge in [0.15, 0.2) is 6.29 Å². The Morgan fingerprint density at radius 2 is 1.78 bits per heavy atom. The van der Waals surface area contributed by atoms with Crippen LogP contribution in [0.3, 0.4) is 0 Å². The zero-order valence-electron chi connectivity index (χ0n) is 31.3. The highest BCUT2D eigenvalue weighted by molar-refractivity contribution is 7.47. The van der Waals surface area contributed by atoms with Gasteiger partial charge in [0, 0.05) is 37.5 Å². The van der Waals surface area contributed by atoms with E-state index >= 15 is 0 Å². The predicted molar refractivity (Wildman–Crippen MR) is 193 cm³/mol. The molecule has 2 aromatic rings. The number of hydrogen-bond donors (Lipinski definition) is 6. The van der Waals surface area contributed by atoms with Crippen LogP contribution in [0.1, 0.15) is 72.1 Å². The molecule has 1 aromatic carbocycles. The number of rotatable bonds is 22. The van der Waals surface area contributed by atoms with Gasteiger partial charge >= 0.3 is 7.82 Å². The van der Waals surface area contributed by atoms with Crippen LogP contribution in [0.15, 0.2) is 30.5 Å². The number of unbranched alkanes of at least 4 members (excludes halogenated alkanes) is 3. The lowest BCUT2D eigenvalue weighted by Gasteiger charge is -2.42. The second kappa shape index (κ2) is 21.0. The lowest BCUT2D eigenvalue weighted by atomic mass is 9.96. The number of methoxy groups -OCH3 is 1. The van der Waals surface area contributed by atoms with E-state index in [1.54, 1.807) is 27.2 Å². The van der Waals surface area contributed by atoms with Crippen molar-refractivity contribution in [3.63, 3.8) is 0 Å². The largest absolute Gasteiger partial charge is 0.497 e. The molecule has 2 fully saturated rings. The van der Waals surface area contributed by atoms with Crippen LogP contribution in [0, 0.1) is 11.8 Å². The van der Waals surface area contributed by atoms with Gasteiger partial charge in [-0.15, -0.1) is 5.10 Å². The number of ether oxygens (including phenoxy) is 3. The Bertz CT molecular complexity index is 1560. The van der Waals surface area contributed by atoms with Crippen LogP contribution in [0.5, 0.6) is 5.75 Å². The van der Waals surface area contributed by atoms with E-state index in [4.69, 9.17) is 23.3 Å². The van der Waals surface area contributed by atoms with Gasteiger partial charge in [0.05, 0.1) is 26.0 Å². The molecule has 3 amide bonds. The van der Waals surface area contributed by atoms with Crippen LogP contribution in [0.4, 0.5) is 0 Å². The Balaban J connectivity index is 1.13. The summed E-state index contributed by atoms with van der Waals surface area (Å²) in [4.78, 5) is 46.7. The molecule has 2 heterocycles. The number of benzene rings is 1. The molecular weight excluding hydrogens is 727 g/mol. The molecule has 1 aliphatic heterocycles. The average molecular weight is 783 g/mol. The van der Waals surface area contributed by atoms with Crippen LogP contribution in [-0.4, -0.2) is 112 Å². The molecule has 6 N–H and O–H groups in total. The Morgan fingerprint density at radius 3 is 2.46 bits per heavy atom. The third-order valence-corrected chi connectivity index (χ3v) is 10.4. The molecule has 0 spiro atoms. The summed E-state index contributed by atoms with van der Waals surface area (Å²) < 4.78 is 40.6. The van der Waals surface area contributed by atoms with Crippen LogP contribution in [-0.2, 0) is 44.0 Å². The number of phosphoric acid groups is 1. The number of aromatic nitrogens is 3. The molecule has 0 radical (unpaired) electrons. The van der Waals surface area contributed by atoms with Gasteiger partial charge in [-0.25, -0.2) is 9.25 Å². The number of amides is 3. The second-order valence-electron chi connectivity index (χ2n) is 13.9. The minimum Gasteiger partial charge on any atom is -0.497 e. The van der Waals surface area contributed by atoms with Gasteiger partial charge in [-0.3, -0.25) is 23.4 Å². The molecule has 1 aromatic heterocycles. The highest BCUT2D eigenvalue weighted by atomic mass is 31.2. The highest BCUT2D eigenvalue weighted by Gasteiger charge is 2.45. The van der Waals surface area contributed by atoms with Gasteiger partial charge in [0.2, 0.25) is 17.7 Å². The number of aliphatic hydroxyl groups excluding tert-OH is 2. The van der Waals surface area contributed by atoms with E-state index < -0.39 is 68.8 Å². The first-order valence-electron chi connectivity index (χ1n) is 18.4. The van der Waals surface area contributed by atoms with Crippen LogP contribution >= 0.6 is 7.82 Å². The maximum absolute atomic E-state index is 12.6. The molecule has 8 atom stereocenters. The second-order valence-corrected chi connectivity index (χ2v) is 15.3. The summed E-state index contributed by atoms with van der Waals surface area (Å²) in [5.74, 6) is -1.29. The number of aliphatic hydroxyl groups is 2. The molecule has 1 saturated carbocycles. The van der Waals surface area contributed by atoms with Crippen molar-refractivity contribution >= 4 is 25.5 Å². The summed E-state index contributed by atoms with van der Waals surface area (Å²) >= 11 is 0. The molecule has 302 valence electrons. The van der Waals surface area contributed by atoms with Crippen LogP contribution in [0.2, 0.25) is 0 Å². The van der Waals surface area contributed by atoms with Gasteiger partial charge in [0.1, 0.15) is 42.5 Å². The molecule has 8 unspecified atom stereocenters. The quantitative estimate of drug-likeness (QED) is 0.0569. The van der Waals surface area contributed by atoms with E-state index in [0.29, 0.717) is 43.7 Å². The molecule has 18 nitrogen and oxygen atoms in total. The molecule has 19 heteroatoms. The third kappa shape index (κ3) is 13.4. The van der Waals surface area contributed by atoms with E-state index in [-0.39, 0.29) is 31.6 Å². The molecule has 54 heavy (non-hydrogen) atoms. The van der Waals surface area contributed by atoms with E-state index in [1.807, 2.05) is 24.3 Å².